The Morgan fingerprint density at radius 1 is 1.42 bits per heavy atom. The summed E-state index contributed by atoms with van der Waals surface area (Å²) in [6.45, 7) is 0.405. The molecule has 0 unspecified atom stereocenters. The largest absolute Gasteiger partial charge is 0.392 e. The van der Waals surface area contributed by atoms with E-state index in [0.717, 1.165) is 18.4 Å². The molecule has 2 atom stereocenters. The van der Waals surface area contributed by atoms with Gasteiger partial charge in [0, 0.05) is 12.0 Å². The lowest BCUT2D eigenvalue weighted by atomic mass is 9.78. The van der Waals surface area contributed by atoms with Gasteiger partial charge in [0.05, 0.1) is 6.10 Å². The third-order valence-corrected chi connectivity index (χ3v) is 4.66. The maximum atomic E-state index is 13.1. The van der Waals surface area contributed by atoms with Gasteiger partial charge in [0.25, 0.3) is 0 Å². The molecule has 1 saturated carbocycles. The van der Waals surface area contributed by atoms with Crippen LogP contribution in [0.2, 0.25) is 0 Å². The van der Waals surface area contributed by atoms with Crippen LogP contribution in [-0.4, -0.2) is 43.9 Å². The first-order valence-corrected chi connectivity index (χ1v) is 7.97. The fourth-order valence-corrected chi connectivity index (χ4v) is 3.33. The molecule has 0 radical (unpaired) electrons. The Bertz CT molecular complexity index is 676. The molecule has 3 rings (SSSR count). The SMILES string of the molecule is O=C(Cn1cnnn1)NC[C@]1(Cc2ccc(F)cc2)CCC[C@H]1O. The average molecular weight is 333 g/mol. The molecule has 0 aliphatic heterocycles. The van der Waals surface area contributed by atoms with Gasteiger partial charge in [0.2, 0.25) is 5.91 Å². The molecule has 24 heavy (non-hydrogen) atoms. The molecule has 2 aromatic rings. The van der Waals surface area contributed by atoms with E-state index in [1.54, 1.807) is 12.1 Å². The molecule has 1 fully saturated rings. The lowest BCUT2D eigenvalue weighted by molar-refractivity contribution is -0.122. The first kappa shape index (κ1) is 16.5. The fraction of sp³-hybridized carbons (Fsp3) is 0.500. The van der Waals surface area contributed by atoms with Crippen LogP contribution in [0.3, 0.4) is 0 Å². The van der Waals surface area contributed by atoms with Crippen molar-refractivity contribution in [3.63, 3.8) is 0 Å². The fourth-order valence-electron chi connectivity index (χ4n) is 3.33. The number of aliphatic hydroxyl groups excluding tert-OH is 1. The van der Waals surface area contributed by atoms with Gasteiger partial charge in [-0.2, -0.15) is 0 Å². The Kier molecular flexibility index (Phi) is 4.84. The Hall–Kier alpha value is -2.35. The standard InChI is InChI=1S/C16H20FN5O2/c17-13-5-3-12(4-6-13)8-16(7-1-2-14(16)23)10-18-15(24)9-22-11-19-20-21-22/h3-6,11,14,23H,1-2,7-10H2,(H,18,24)/t14-,16-/m1/s1. The summed E-state index contributed by atoms with van der Waals surface area (Å²) in [6.07, 6.45) is 3.92. The number of aromatic nitrogens is 4. The van der Waals surface area contributed by atoms with E-state index in [2.05, 4.69) is 20.8 Å². The van der Waals surface area contributed by atoms with Gasteiger partial charge in [-0.25, -0.2) is 9.07 Å². The summed E-state index contributed by atoms with van der Waals surface area (Å²) in [5, 5.41) is 24.0. The zero-order valence-corrected chi connectivity index (χ0v) is 13.2. The number of nitrogens with zero attached hydrogens (tertiary/aromatic N) is 4. The molecule has 128 valence electrons. The topological polar surface area (TPSA) is 92.9 Å². The van der Waals surface area contributed by atoms with Crippen molar-refractivity contribution in [1.82, 2.24) is 25.5 Å². The molecular weight excluding hydrogens is 313 g/mol. The van der Waals surface area contributed by atoms with Gasteiger partial charge >= 0.3 is 0 Å². The van der Waals surface area contributed by atoms with Crippen molar-refractivity contribution in [3.05, 3.63) is 42.0 Å². The minimum Gasteiger partial charge on any atom is -0.392 e. The number of carbonyl (C=O) groups is 1. The quantitative estimate of drug-likeness (QED) is 0.812. The molecular formula is C16H20FN5O2. The molecule has 1 amide bonds. The maximum absolute atomic E-state index is 13.1. The molecule has 1 heterocycles. The summed E-state index contributed by atoms with van der Waals surface area (Å²) < 4.78 is 14.4. The lowest BCUT2D eigenvalue weighted by Crippen LogP contribution is -2.44. The molecule has 8 heteroatoms. The van der Waals surface area contributed by atoms with Crippen molar-refractivity contribution in [2.75, 3.05) is 6.54 Å². The van der Waals surface area contributed by atoms with E-state index in [1.165, 1.54) is 23.1 Å². The molecule has 1 aliphatic carbocycles. The van der Waals surface area contributed by atoms with E-state index in [0.29, 0.717) is 19.4 Å². The zero-order chi connectivity index (χ0) is 17.0. The Labute approximate surface area is 138 Å². The number of aliphatic hydroxyl groups is 1. The number of nitrogens with one attached hydrogen (secondary N) is 1. The molecule has 2 N–H and O–H groups in total. The van der Waals surface area contributed by atoms with Crippen molar-refractivity contribution >= 4 is 5.91 Å². The number of halogens is 1. The summed E-state index contributed by atoms with van der Waals surface area (Å²) in [6, 6.07) is 6.29. The monoisotopic (exact) mass is 333 g/mol. The highest BCUT2D eigenvalue weighted by atomic mass is 19.1. The van der Waals surface area contributed by atoms with Crippen LogP contribution in [0.4, 0.5) is 4.39 Å². The van der Waals surface area contributed by atoms with Crippen LogP contribution >= 0.6 is 0 Å². The Morgan fingerprint density at radius 3 is 2.83 bits per heavy atom. The number of tetrazole rings is 1. The molecule has 1 aliphatic rings. The van der Waals surface area contributed by atoms with E-state index in [-0.39, 0.29) is 18.3 Å². The molecule has 7 nitrogen and oxygen atoms in total. The van der Waals surface area contributed by atoms with Gasteiger partial charge in [-0.1, -0.05) is 18.6 Å². The van der Waals surface area contributed by atoms with E-state index in [1.807, 2.05) is 0 Å². The third kappa shape index (κ3) is 3.76. The van der Waals surface area contributed by atoms with Crippen LogP contribution in [-0.2, 0) is 17.8 Å². The van der Waals surface area contributed by atoms with Gasteiger partial charge in [-0.05, 0) is 47.4 Å². The summed E-state index contributed by atoms with van der Waals surface area (Å²) in [5.41, 5.74) is 0.528. The Balaban J connectivity index is 1.65. The van der Waals surface area contributed by atoms with Gasteiger partial charge < -0.3 is 10.4 Å². The smallest absolute Gasteiger partial charge is 0.241 e. The van der Waals surface area contributed by atoms with Crippen LogP contribution in [0.1, 0.15) is 24.8 Å². The average Bonchev–Trinajstić information content (AvgIpc) is 3.19. The van der Waals surface area contributed by atoms with Gasteiger partial charge in [-0.3, -0.25) is 4.79 Å². The predicted octanol–water partition coefficient (Wildman–Crippen LogP) is 0.702. The maximum Gasteiger partial charge on any atom is 0.241 e. The van der Waals surface area contributed by atoms with Crippen LogP contribution < -0.4 is 5.32 Å². The van der Waals surface area contributed by atoms with Crippen LogP contribution in [0.5, 0.6) is 0 Å². The third-order valence-electron chi connectivity index (χ3n) is 4.66. The summed E-state index contributed by atoms with van der Waals surface area (Å²) in [4.78, 5) is 12.1. The molecule has 0 spiro atoms. The highest BCUT2D eigenvalue weighted by Gasteiger charge is 2.42. The number of carbonyl (C=O) groups excluding carboxylic acids is 1. The van der Waals surface area contributed by atoms with Crippen molar-refractivity contribution < 1.29 is 14.3 Å². The van der Waals surface area contributed by atoms with Crippen molar-refractivity contribution in [2.45, 2.75) is 38.3 Å². The van der Waals surface area contributed by atoms with Gasteiger partial charge in [0.15, 0.2) is 0 Å². The summed E-state index contributed by atoms with van der Waals surface area (Å²) in [5.74, 6) is -0.491. The molecule has 1 aromatic heterocycles. The van der Waals surface area contributed by atoms with E-state index in [9.17, 15) is 14.3 Å². The number of benzene rings is 1. The molecule has 0 bridgehead atoms. The highest BCUT2D eigenvalue weighted by Crippen LogP contribution is 2.40. The first-order valence-electron chi connectivity index (χ1n) is 7.97. The second kappa shape index (κ2) is 7.04. The lowest BCUT2D eigenvalue weighted by Gasteiger charge is -2.33. The van der Waals surface area contributed by atoms with E-state index in [4.69, 9.17) is 0 Å². The number of hydrogen-bond donors (Lipinski definition) is 2. The van der Waals surface area contributed by atoms with E-state index >= 15 is 0 Å². The normalized spacial score (nSPS) is 23.3. The Morgan fingerprint density at radius 2 is 2.21 bits per heavy atom. The highest BCUT2D eigenvalue weighted by molar-refractivity contribution is 5.75. The minimum atomic E-state index is -0.490. The number of rotatable bonds is 6. The van der Waals surface area contributed by atoms with Crippen LogP contribution in [0.25, 0.3) is 0 Å². The minimum absolute atomic E-state index is 0.0374. The molecule has 0 saturated heterocycles. The number of amides is 1. The van der Waals surface area contributed by atoms with Crippen LogP contribution in [0, 0.1) is 11.2 Å². The summed E-state index contributed by atoms with van der Waals surface area (Å²) in [7, 11) is 0. The molecule has 1 aromatic carbocycles. The first-order chi connectivity index (χ1) is 11.6. The second-order valence-corrected chi connectivity index (χ2v) is 6.36. The predicted molar refractivity (Wildman–Crippen MR) is 83.2 cm³/mol. The van der Waals surface area contributed by atoms with Crippen molar-refractivity contribution in [2.24, 2.45) is 5.41 Å². The van der Waals surface area contributed by atoms with Gasteiger partial charge in [0.1, 0.15) is 18.7 Å². The zero-order valence-electron chi connectivity index (χ0n) is 13.2. The van der Waals surface area contributed by atoms with Crippen LogP contribution in [0.15, 0.2) is 30.6 Å². The van der Waals surface area contributed by atoms with Gasteiger partial charge in [-0.15, -0.1) is 5.10 Å². The second-order valence-electron chi connectivity index (χ2n) is 6.36. The van der Waals surface area contributed by atoms with Crippen molar-refractivity contribution in [3.8, 4) is 0 Å². The van der Waals surface area contributed by atoms with E-state index < -0.39 is 11.5 Å². The summed E-state index contributed by atoms with van der Waals surface area (Å²) >= 11 is 0. The number of hydrogen-bond acceptors (Lipinski definition) is 5. The van der Waals surface area contributed by atoms with Crippen molar-refractivity contribution in [1.29, 1.82) is 0 Å².